The van der Waals surface area contributed by atoms with Gasteiger partial charge in [-0.25, -0.2) is 0 Å². The lowest BCUT2D eigenvalue weighted by atomic mass is 9.89. The van der Waals surface area contributed by atoms with E-state index in [0.29, 0.717) is 18.4 Å². The molecule has 1 amide bonds. The number of aryl methyl sites for hydroxylation is 1. The molecule has 0 bridgehead atoms. The van der Waals surface area contributed by atoms with E-state index in [1.54, 1.807) is 7.11 Å². The highest BCUT2D eigenvalue weighted by atomic mass is 16.5. The molecule has 2 rings (SSSR count). The van der Waals surface area contributed by atoms with Crippen LogP contribution in [-0.2, 0) is 16.0 Å². The first-order valence-electron chi connectivity index (χ1n) is 10.1. The van der Waals surface area contributed by atoms with Crippen molar-refractivity contribution in [2.75, 3.05) is 13.7 Å². The summed E-state index contributed by atoms with van der Waals surface area (Å²) >= 11 is 0. The standard InChI is InChI=1S/C22H35NO2/c1-4-19(14-9-13-18-11-7-6-8-12-18)21-15-10-16-23(21)22(24)17-20(5-2)25-3/h6-8,11-12,19-21H,4-5,9-10,13-17H2,1-3H3. The van der Waals surface area contributed by atoms with Crippen LogP contribution in [0.5, 0.6) is 0 Å². The Hall–Kier alpha value is -1.35. The van der Waals surface area contributed by atoms with Crippen molar-refractivity contribution in [3.63, 3.8) is 0 Å². The Bertz CT molecular complexity index is 498. The molecule has 1 aliphatic heterocycles. The third kappa shape index (κ3) is 5.85. The largest absolute Gasteiger partial charge is 0.381 e. The normalized spacial score (nSPS) is 19.8. The highest BCUT2D eigenvalue weighted by Gasteiger charge is 2.34. The summed E-state index contributed by atoms with van der Waals surface area (Å²) in [5, 5.41) is 0. The molecule has 0 spiro atoms. The number of nitrogens with zero attached hydrogens (tertiary/aromatic N) is 1. The Morgan fingerprint density at radius 2 is 2.00 bits per heavy atom. The molecule has 25 heavy (non-hydrogen) atoms. The molecular formula is C22H35NO2. The molecular weight excluding hydrogens is 310 g/mol. The number of carbonyl (C=O) groups excluding carboxylic acids is 1. The minimum Gasteiger partial charge on any atom is -0.381 e. The predicted molar refractivity (Wildman–Crippen MR) is 104 cm³/mol. The molecule has 0 N–H and O–H groups in total. The maximum absolute atomic E-state index is 12.7. The number of hydrogen-bond donors (Lipinski definition) is 0. The average molecular weight is 346 g/mol. The van der Waals surface area contributed by atoms with Crippen LogP contribution in [0, 0.1) is 5.92 Å². The monoisotopic (exact) mass is 345 g/mol. The van der Waals surface area contributed by atoms with Crippen LogP contribution in [-0.4, -0.2) is 36.6 Å². The van der Waals surface area contributed by atoms with E-state index in [4.69, 9.17) is 4.74 Å². The fourth-order valence-electron chi connectivity index (χ4n) is 4.18. The minimum absolute atomic E-state index is 0.0620. The lowest BCUT2D eigenvalue weighted by Gasteiger charge is -2.32. The van der Waals surface area contributed by atoms with Gasteiger partial charge in [0.2, 0.25) is 5.91 Å². The van der Waals surface area contributed by atoms with Crippen molar-refractivity contribution in [3.8, 4) is 0 Å². The Morgan fingerprint density at radius 1 is 1.24 bits per heavy atom. The maximum atomic E-state index is 12.7. The van der Waals surface area contributed by atoms with Crippen LogP contribution in [0.2, 0.25) is 0 Å². The van der Waals surface area contributed by atoms with Gasteiger partial charge in [0.25, 0.3) is 0 Å². The smallest absolute Gasteiger partial charge is 0.225 e. The molecule has 3 unspecified atom stereocenters. The third-order valence-corrected chi connectivity index (χ3v) is 5.76. The first-order valence-corrected chi connectivity index (χ1v) is 10.1. The molecule has 0 radical (unpaired) electrons. The van der Waals surface area contributed by atoms with Gasteiger partial charge in [0.15, 0.2) is 0 Å². The number of ether oxygens (including phenoxy) is 1. The Morgan fingerprint density at radius 3 is 2.64 bits per heavy atom. The van der Waals surface area contributed by atoms with Crippen molar-refractivity contribution in [2.24, 2.45) is 5.92 Å². The minimum atomic E-state index is 0.0620. The summed E-state index contributed by atoms with van der Waals surface area (Å²) in [5.41, 5.74) is 1.42. The van der Waals surface area contributed by atoms with Gasteiger partial charge in [-0.05, 0) is 50.0 Å². The van der Waals surface area contributed by atoms with Crippen molar-refractivity contribution in [1.29, 1.82) is 0 Å². The number of hydrogen-bond acceptors (Lipinski definition) is 2. The van der Waals surface area contributed by atoms with Crippen LogP contribution < -0.4 is 0 Å². The van der Waals surface area contributed by atoms with Crippen molar-refractivity contribution in [3.05, 3.63) is 35.9 Å². The van der Waals surface area contributed by atoms with Gasteiger partial charge in [0.05, 0.1) is 12.5 Å². The second-order valence-corrected chi connectivity index (χ2v) is 7.31. The molecule has 1 fully saturated rings. The summed E-state index contributed by atoms with van der Waals surface area (Å²) in [4.78, 5) is 14.9. The van der Waals surface area contributed by atoms with Crippen LogP contribution in [0.25, 0.3) is 0 Å². The second kappa shape index (κ2) is 10.6. The third-order valence-electron chi connectivity index (χ3n) is 5.76. The van der Waals surface area contributed by atoms with E-state index in [0.717, 1.165) is 32.2 Å². The van der Waals surface area contributed by atoms with Gasteiger partial charge in [-0.15, -0.1) is 0 Å². The summed E-state index contributed by atoms with van der Waals surface area (Å²) in [6.45, 7) is 5.29. The Labute approximate surface area is 153 Å². The number of methoxy groups -OCH3 is 1. The summed E-state index contributed by atoms with van der Waals surface area (Å²) < 4.78 is 5.42. The maximum Gasteiger partial charge on any atom is 0.225 e. The Kier molecular flexibility index (Phi) is 8.47. The van der Waals surface area contributed by atoms with Crippen LogP contribution in [0.3, 0.4) is 0 Å². The van der Waals surface area contributed by atoms with Gasteiger partial charge < -0.3 is 9.64 Å². The van der Waals surface area contributed by atoms with Gasteiger partial charge in [-0.2, -0.15) is 0 Å². The summed E-state index contributed by atoms with van der Waals surface area (Å²) in [6, 6.07) is 11.2. The zero-order valence-corrected chi connectivity index (χ0v) is 16.2. The van der Waals surface area contributed by atoms with E-state index in [1.165, 1.54) is 24.8 Å². The number of benzene rings is 1. The quantitative estimate of drug-likeness (QED) is 0.607. The van der Waals surface area contributed by atoms with E-state index in [1.807, 2.05) is 0 Å². The molecule has 1 heterocycles. The first-order chi connectivity index (χ1) is 12.2. The topological polar surface area (TPSA) is 29.5 Å². The summed E-state index contributed by atoms with van der Waals surface area (Å²) in [6.07, 6.45) is 8.52. The SMILES string of the molecule is CCC(CC(=O)N1CCCC1C(CC)CCCc1ccccc1)OC. The van der Waals surface area contributed by atoms with E-state index in [2.05, 4.69) is 49.1 Å². The van der Waals surface area contributed by atoms with Gasteiger partial charge in [-0.3, -0.25) is 4.79 Å². The lowest BCUT2D eigenvalue weighted by Crippen LogP contribution is -2.41. The molecule has 1 aliphatic rings. The molecule has 140 valence electrons. The number of carbonyl (C=O) groups is 1. The number of amides is 1. The van der Waals surface area contributed by atoms with E-state index in [-0.39, 0.29) is 12.0 Å². The molecule has 1 saturated heterocycles. The average Bonchev–Trinajstić information content (AvgIpc) is 3.13. The number of likely N-dealkylation sites (tertiary alicyclic amines) is 1. The van der Waals surface area contributed by atoms with E-state index >= 15 is 0 Å². The van der Waals surface area contributed by atoms with Gasteiger partial charge in [0, 0.05) is 19.7 Å². The molecule has 3 nitrogen and oxygen atoms in total. The van der Waals surface area contributed by atoms with E-state index < -0.39 is 0 Å². The molecule has 3 atom stereocenters. The zero-order chi connectivity index (χ0) is 18.1. The van der Waals surface area contributed by atoms with Crippen LogP contribution in [0.4, 0.5) is 0 Å². The van der Waals surface area contributed by atoms with Crippen LogP contribution in [0.15, 0.2) is 30.3 Å². The molecule has 0 aromatic heterocycles. The summed E-state index contributed by atoms with van der Waals surface area (Å²) in [5.74, 6) is 0.912. The van der Waals surface area contributed by atoms with Crippen molar-refractivity contribution in [2.45, 2.75) is 77.4 Å². The molecule has 1 aromatic rings. The number of rotatable bonds is 10. The highest BCUT2D eigenvalue weighted by Crippen LogP contribution is 2.30. The molecule has 0 saturated carbocycles. The van der Waals surface area contributed by atoms with Crippen molar-refractivity contribution >= 4 is 5.91 Å². The lowest BCUT2D eigenvalue weighted by molar-refractivity contribution is -0.135. The van der Waals surface area contributed by atoms with Crippen molar-refractivity contribution < 1.29 is 9.53 Å². The fourth-order valence-corrected chi connectivity index (χ4v) is 4.18. The van der Waals surface area contributed by atoms with Crippen molar-refractivity contribution in [1.82, 2.24) is 4.90 Å². The van der Waals surface area contributed by atoms with E-state index in [9.17, 15) is 4.79 Å². The fraction of sp³-hybridized carbons (Fsp3) is 0.682. The van der Waals surface area contributed by atoms with Crippen LogP contribution in [0.1, 0.15) is 64.4 Å². The highest BCUT2D eigenvalue weighted by molar-refractivity contribution is 5.77. The molecule has 0 aliphatic carbocycles. The molecule has 1 aromatic carbocycles. The Balaban J connectivity index is 1.88. The summed E-state index contributed by atoms with van der Waals surface area (Å²) in [7, 11) is 1.71. The first kappa shape index (κ1) is 20.0. The van der Waals surface area contributed by atoms with Crippen LogP contribution >= 0.6 is 0 Å². The van der Waals surface area contributed by atoms with Gasteiger partial charge in [-0.1, -0.05) is 50.6 Å². The van der Waals surface area contributed by atoms with Gasteiger partial charge >= 0.3 is 0 Å². The molecule has 3 heteroatoms. The second-order valence-electron chi connectivity index (χ2n) is 7.31. The van der Waals surface area contributed by atoms with Gasteiger partial charge in [0.1, 0.15) is 0 Å². The zero-order valence-electron chi connectivity index (χ0n) is 16.2. The predicted octanol–water partition coefficient (Wildman–Crippen LogP) is 4.84.